The molecule has 0 bridgehead atoms. The maximum atomic E-state index is 12.9. The number of hydrogen-bond acceptors (Lipinski definition) is 6. The smallest absolute Gasteiger partial charge is 0.277 e. The minimum absolute atomic E-state index is 0.304. The summed E-state index contributed by atoms with van der Waals surface area (Å²) < 4.78 is 33.1. The van der Waals surface area contributed by atoms with Crippen LogP contribution in [0.25, 0.3) is 17.5 Å². The molecule has 0 N–H and O–H groups in total. The molecule has 2 aromatic carbocycles. The number of thioether (sulfide) groups is 1. The summed E-state index contributed by atoms with van der Waals surface area (Å²) in [6.07, 6.45) is 8.11. The molecular formula is C23H25N3O3S2. The first kappa shape index (κ1) is 21.8. The van der Waals surface area contributed by atoms with Crippen LogP contribution in [-0.4, -0.2) is 41.8 Å². The molecule has 0 spiro atoms. The molecule has 31 heavy (non-hydrogen) atoms. The number of hydrogen-bond donors (Lipinski definition) is 0. The Morgan fingerprint density at radius 3 is 2.35 bits per heavy atom. The second-order valence-electron chi connectivity index (χ2n) is 7.34. The van der Waals surface area contributed by atoms with Crippen molar-refractivity contribution in [2.45, 2.75) is 35.8 Å². The number of benzene rings is 2. The quantitative estimate of drug-likeness (QED) is 0.461. The largest absolute Gasteiger partial charge is 0.411 e. The van der Waals surface area contributed by atoms with Crippen LogP contribution in [0.5, 0.6) is 0 Å². The minimum atomic E-state index is -3.46. The van der Waals surface area contributed by atoms with E-state index in [-0.39, 0.29) is 0 Å². The van der Waals surface area contributed by atoms with Crippen LogP contribution in [0.15, 0.2) is 75.2 Å². The maximum Gasteiger partial charge on any atom is 0.277 e. The molecule has 2 heterocycles. The number of sulfonamides is 1. The van der Waals surface area contributed by atoms with E-state index < -0.39 is 10.0 Å². The van der Waals surface area contributed by atoms with Gasteiger partial charge in [-0.1, -0.05) is 67.1 Å². The summed E-state index contributed by atoms with van der Waals surface area (Å²) >= 11 is 1.45. The third kappa shape index (κ3) is 5.64. The van der Waals surface area contributed by atoms with E-state index in [2.05, 4.69) is 10.2 Å². The van der Waals surface area contributed by atoms with Crippen molar-refractivity contribution in [2.24, 2.45) is 0 Å². The molecule has 0 aliphatic carbocycles. The topological polar surface area (TPSA) is 76.3 Å². The summed E-state index contributed by atoms with van der Waals surface area (Å²) in [5, 5.41) is 8.65. The maximum absolute atomic E-state index is 12.9. The molecule has 162 valence electrons. The van der Waals surface area contributed by atoms with Crippen LogP contribution in [0, 0.1) is 0 Å². The highest BCUT2D eigenvalue weighted by Crippen LogP contribution is 2.26. The van der Waals surface area contributed by atoms with Gasteiger partial charge in [-0.05, 0) is 42.7 Å². The van der Waals surface area contributed by atoms with E-state index in [0.717, 1.165) is 31.2 Å². The van der Waals surface area contributed by atoms with Crippen molar-refractivity contribution in [2.75, 3.05) is 18.8 Å². The summed E-state index contributed by atoms with van der Waals surface area (Å²) in [5.74, 6) is 1.09. The molecule has 4 rings (SSSR count). The van der Waals surface area contributed by atoms with Gasteiger partial charge in [0.2, 0.25) is 15.9 Å². The molecule has 0 radical (unpaired) electrons. The van der Waals surface area contributed by atoms with Crippen molar-refractivity contribution in [3.05, 3.63) is 66.2 Å². The van der Waals surface area contributed by atoms with Gasteiger partial charge in [0.05, 0.1) is 4.90 Å². The van der Waals surface area contributed by atoms with Gasteiger partial charge in [0.1, 0.15) is 0 Å². The normalized spacial score (nSPS) is 15.9. The van der Waals surface area contributed by atoms with E-state index in [1.165, 1.54) is 11.8 Å². The van der Waals surface area contributed by atoms with Gasteiger partial charge in [-0.15, -0.1) is 10.2 Å². The van der Waals surface area contributed by atoms with E-state index in [0.29, 0.717) is 40.4 Å². The first-order valence-corrected chi connectivity index (χ1v) is 12.8. The Morgan fingerprint density at radius 1 is 0.935 bits per heavy atom. The predicted molar refractivity (Wildman–Crippen MR) is 123 cm³/mol. The highest BCUT2D eigenvalue weighted by Gasteiger charge is 2.25. The van der Waals surface area contributed by atoms with Crippen molar-refractivity contribution in [1.82, 2.24) is 14.5 Å². The van der Waals surface area contributed by atoms with Gasteiger partial charge in [-0.25, -0.2) is 8.42 Å². The van der Waals surface area contributed by atoms with Crippen LogP contribution in [0.2, 0.25) is 0 Å². The molecule has 1 aliphatic heterocycles. The van der Waals surface area contributed by atoms with Crippen molar-refractivity contribution in [1.29, 1.82) is 0 Å². The lowest BCUT2D eigenvalue weighted by Crippen LogP contribution is -2.31. The lowest BCUT2D eigenvalue weighted by molar-refractivity contribution is 0.423. The summed E-state index contributed by atoms with van der Waals surface area (Å²) in [4.78, 5) is 0.304. The molecule has 1 aliphatic rings. The highest BCUT2D eigenvalue weighted by atomic mass is 32.2. The molecule has 1 fully saturated rings. The second-order valence-corrected chi connectivity index (χ2v) is 10.2. The van der Waals surface area contributed by atoms with Crippen LogP contribution in [0.1, 0.15) is 31.2 Å². The molecule has 8 heteroatoms. The van der Waals surface area contributed by atoms with Gasteiger partial charge in [-0.2, -0.15) is 4.31 Å². The summed E-state index contributed by atoms with van der Waals surface area (Å²) in [6, 6.07) is 16.8. The Morgan fingerprint density at radius 2 is 1.65 bits per heavy atom. The number of nitrogens with zero attached hydrogens (tertiary/aromatic N) is 3. The molecule has 0 unspecified atom stereocenters. The van der Waals surface area contributed by atoms with Gasteiger partial charge in [0.25, 0.3) is 5.22 Å². The molecule has 0 atom stereocenters. The third-order valence-electron chi connectivity index (χ3n) is 5.12. The highest BCUT2D eigenvalue weighted by molar-refractivity contribution is 7.99. The fraction of sp³-hybridized carbons (Fsp3) is 0.304. The Bertz CT molecular complexity index is 1100. The fourth-order valence-electron chi connectivity index (χ4n) is 3.45. The summed E-state index contributed by atoms with van der Waals surface area (Å²) in [6.45, 7) is 1.18. The Labute approximate surface area is 187 Å². The zero-order valence-electron chi connectivity index (χ0n) is 17.2. The van der Waals surface area contributed by atoms with Crippen LogP contribution >= 0.6 is 11.8 Å². The van der Waals surface area contributed by atoms with E-state index in [1.54, 1.807) is 28.6 Å². The summed E-state index contributed by atoms with van der Waals surface area (Å²) in [7, 11) is -3.46. The van der Waals surface area contributed by atoms with E-state index in [1.807, 2.05) is 42.5 Å². The molecule has 6 nitrogen and oxygen atoms in total. The first-order chi connectivity index (χ1) is 15.1. The lowest BCUT2D eigenvalue weighted by atomic mass is 10.2. The third-order valence-corrected chi connectivity index (χ3v) is 7.81. The van der Waals surface area contributed by atoms with Gasteiger partial charge in [0, 0.05) is 24.4 Å². The van der Waals surface area contributed by atoms with Crippen LogP contribution in [0.4, 0.5) is 0 Å². The van der Waals surface area contributed by atoms with Crippen molar-refractivity contribution in [3.63, 3.8) is 0 Å². The lowest BCUT2D eigenvalue weighted by Gasteiger charge is -2.19. The monoisotopic (exact) mass is 455 g/mol. The van der Waals surface area contributed by atoms with Crippen molar-refractivity contribution < 1.29 is 12.8 Å². The molecule has 0 saturated carbocycles. The van der Waals surface area contributed by atoms with Crippen LogP contribution in [0.3, 0.4) is 0 Å². The van der Waals surface area contributed by atoms with Gasteiger partial charge in [0.15, 0.2) is 0 Å². The SMILES string of the molecule is O=S(=O)(c1ccc(-c2nnc(SC/C=C/c3ccccc3)o2)cc1)N1CCCCCC1. The van der Waals surface area contributed by atoms with Gasteiger partial charge >= 0.3 is 0 Å². The average molecular weight is 456 g/mol. The van der Waals surface area contributed by atoms with Crippen molar-refractivity contribution in [3.8, 4) is 11.5 Å². The Kier molecular flexibility index (Phi) is 7.21. The molecular weight excluding hydrogens is 430 g/mol. The standard InChI is InChI=1S/C23H25N3O3S2/c27-31(28,26-16-6-1-2-7-17-26)21-14-12-20(13-15-21)22-24-25-23(29-22)30-18-8-11-19-9-4-3-5-10-19/h3-5,8-15H,1-2,6-7,16-18H2/b11-8+. The predicted octanol–water partition coefficient (Wildman–Crippen LogP) is 5.11. The van der Waals surface area contributed by atoms with Crippen molar-refractivity contribution >= 4 is 27.9 Å². The summed E-state index contributed by atoms with van der Waals surface area (Å²) in [5.41, 5.74) is 1.85. The molecule has 0 amide bonds. The zero-order chi connectivity index (χ0) is 21.5. The minimum Gasteiger partial charge on any atom is -0.411 e. The van der Waals surface area contributed by atoms with Crippen LogP contribution in [-0.2, 0) is 10.0 Å². The second kappa shape index (κ2) is 10.3. The van der Waals surface area contributed by atoms with E-state index >= 15 is 0 Å². The average Bonchev–Trinajstić information content (AvgIpc) is 3.09. The Hall–Kier alpha value is -2.42. The molecule has 3 aromatic rings. The molecule has 1 aromatic heterocycles. The van der Waals surface area contributed by atoms with Gasteiger partial charge in [-0.3, -0.25) is 0 Å². The first-order valence-electron chi connectivity index (χ1n) is 10.4. The number of aromatic nitrogens is 2. The van der Waals surface area contributed by atoms with E-state index in [9.17, 15) is 8.42 Å². The molecule has 1 saturated heterocycles. The zero-order valence-corrected chi connectivity index (χ0v) is 18.8. The van der Waals surface area contributed by atoms with E-state index in [4.69, 9.17) is 4.42 Å². The van der Waals surface area contributed by atoms with Crippen LogP contribution < -0.4 is 0 Å². The number of rotatable bonds is 7. The fourth-order valence-corrected chi connectivity index (χ4v) is 5.54. The Balaban J connectivity index is 1.38. The van der Waals surface area contributed by atoms with Gasteiger partial charge < -0.3 is 4.42 Å².